The molecule has 7 nitrogen and oxygen atoms in total. The molecule has 2 N–H and O–H groups in total. The van der Waals surface area contributed by atoms with Crippen LogP contribution in [0, 0.1) is 6.92 Å². The van der Waals surface area contributed by atoms with E-state index in [0.29, 0.717) is 6.61 Å². The van der Waals surface area contributed by atoms with E-state index in [0.717, 1.165) is 43.3 Å². The molecule has 0 aromatic heterocycles. The Kier molecular flexibility index (Phi) is 10.3. The number of aryl methyl sites for hydroxylation is 1. The van der Waals surface area contributed by atoms with Gasteiger partial charge in [0, 0.05) is 43.4 Å². The molecular weight excluding hydrogens is 480 g/mol. The first-order valence-corrected chi connectivity index (χ1v) is 12.1. The third-order valence-corrected chi connectivity index (χ3v) is 6.23. The lowest BCUT2D eigenvalue weighted by Crippen LogP contribution is -2.47. The normalized spacial score (nSPS) is 14.4. The van der Waals surface area contributed by atoms with Gasteiger partial charge in [0.2, 0.25) is 0 Å². The highest BCUT2D eigenvalue weighted by Crippen LogP contribution is 2.27. The Labute approximate surface area is 216 Å². The quantitative estimate of drug-likeness (QED) is 0.444. The molecule has 0 aliphatic carbocycles. The summed E-state index contributed by atoms with van der Waals surface area (Å²) in [6.07, 6.45) is -0.0725. The number of aliphatic carboxylic acids is 2. The van der Waals surface area contributed by atoms with Gasteiger partial charge in [-0.05, 0) is 41.8 Å². The van der Waals surface area contributed by atoms with Gasteiger partial charge in [0.1, 0.15) is 6.10 Å². The largest absolute Gasteiger partial charge is 0.473 e. The zero-order chi connectivity index (χ0) is 25.9. The number of benzene rings is 3. The van der Waals surface area contributed by atoms with E-state index in [1.54, 1.807) is 0 Å². The summed E-state index contributed by atoms with van der Waals surface area (Å²) in [7, 11) is 0. The Balaban J connectivity index is 0.000000538. The summed E-state index contributed by atoms with van der Waals surface area (Å²) in [6, 6.07) is 27.0. The SMILES string of the molecule is Cc1ccccc1N1CCN(CCOC(c2ccccc2)c2ccc(Cl)cc2)CC1.O=C(O)C(=O)O. The average Bonchev–Trinajstić information content (AvgIpc) is 2.89. The van der Waals surface area contributed by atoms with Crippen molar-refractivity contribution in [2.75, 3.05) is 44.2 Å². The first kappa shape index (κ1) is 27.2. The zero-order valence-corrected chi connectivity index (χ0v) is 21.0. The minimum Gasteiger partial charge on any atom is -0.473 e. The molecule has 1 heterocycles. The van der Waals surface area contributed by atoms with Crippen LogP contribution in [0.1, 0.15) is 22.8 Å². The molecule has 1 aliphatic rings. The zero-order valence-electron chi connectivity index (χ0n) is 20.2. The van der Waals surface area contributed by atoms with E-state index in [2.05, 4.69) is 77.4 Å². The molecule has 1 fully saturated rings. The van der Waals surface area contributed by atoms with Gasteiger partial charge in [0.15, 0.2) is 0 Å². The number of rotatable bonds is 7. The standard InChI is InChI=1S/C26H29ClN2O.C2H2O4/c1-21-7-5-6-10-25(21)29-17-15-28(16-18-29)19-20-30-26(22-8-3-2-4-9-22)23-11-13-24(27)14-12-23;3-1(4)2(5)6/h2-14,26H,15-20H2,1H3;(H,3,4)(H,5,6). The van der Waals surface area contributed by atoms with Crippen molar-refractivity contribution in [3.8, 4) is 0 Å². The van der Waals surface area contributed by atoms with Gasteiger partial charge in [0.05, 0.1) is 6.61 Å². The molecule has 0 bridgehead atoms. The van der Waals surface area contributed by atoms with Gasteiger partial charge in [0.25, 0.3) is 0 Å². The summed E-state index contributed by atoms with van der Waals surface area (Å²) in [4.78, 5) is 23.2. The highest BCUT2D eigenvalue weighted by molar-refractivity contribution is 6.30. The second-order valence-corrected chi connectivity index (χ2v) is 8.87. The monoisotopic (exact) mass is 510 g/mol. The van der Waals surface area contributed by atoms with Gasteiger partial charge in [-0.15, -0.1) is 0 Å². The van der Waals surface area contributed by atoms with Crippen LogP contribution in [0.2, 0.25) is 5.02 Å². The summed E-state index contributed by atoms with van der Waals surface area (Å²) in [5.41, 5.74) is 5.02. The average molecular weight is 511 g/mol. The van der Waals surface area contributed by atoms with Crippen molar-refractivity contribution in [3.05, 3.63) is 101 Å². The summed E-state index contributed by atoms with van der Waals surface area (Å²) < 4.78 is 6.39. The van der Waals surface area contributed by atoms with E-state index in [1.165, 1.54) is 16.8 Å². The van der Waals surface area contributed by atoms with Gasteiger partial charge >= 0.3 is 11.9 Å². The lowest BCUT2D eigenvalue weighted by molar-refractivity contribution is -0.159. The predicted molar refractivity (Wildman–Crippen MR) is 141 cm³/mol. The molecule has 36 heavy (non-hydrogen) atoms. The van der Waals surface area contributed by atoms with Crippen LogP contribution < -0.4 is 4.90 Å². The Bertz CT molecular complexity index is 1100. The van der Waals surface area contributed by atoms with Gasteiger partial charge in [-0.2, -0.15) is 0 Å². The van der Waals surface area contributed by atoms with Crippen molar-refractivity contribution in [2.24, 2.45) is 0 Å². The number of piperazine rings is 1. The van der Waals surface area contributed by atoms with Crippen LogP contribution in [0.3, 0.4) is 0 Å². The number of para-hydroxylation sites is 1. The number of ether oxygens (including phenoxy) is 1. The second kappa shape index (κ2) is 13.6. The summed E-state index contributed by atoms with van der Waals surface area (Å²) in [6.45, 7) is 8.08. The van der Waals surface area contributed by atoms with Crippen LogP contribution in [-0.4, -0.2) is 66.4 Å². The minimum atomic E-state index is -1.82. The van der Waals surface area contributed by atoms with Crippen LogP contribution in [0.5, 0.6) is 0 Å². The first-order valence-electron chi connectivity index (χ1n) is 11.8. The molecule has 1 saturated heterocycles. The molecule has 1 unspecified atom stereocenters. The molecule has 0 saturated carbocycles. The lowest BCUT2D eigenvalue weighted by atomic mass is 10.0. The molecule has 0 amide bonds. The van der Waals surface area contributed by atoms with E-state index in [-0.39, 0.29) is 6.10 Å². The number of halogens is 1. The fraction of sp³-hybridized carbons (Fsp3) is 0.286. The van der Waals surface area contributed by atoms with Crippen molar-refractivity contribution in [1.82, 2.24) is 4.90 Å². The minimum absolute atomic E-state index is 0.0725. The molecule has 3 aromatic carbocycles. The van der Waals surface area contributed by atoms with Crippen LogP contribution in [0.4, 0.5) is 5.69 Å². The number of carboxylic acids is 2. The van der Waals surface area contributed by atoms with E-state index < -0.39 is 11.9 Å². The van der Waals surface area contributed by atoms with Crippen LogP contribution in [-0.2, 0) is 14.3 Å². The maximum absolute atomic E-state index is 9.10. The fourth-order valence-electron chi connectivity index (χ4n) is 4.08. The van der Waals surface area contributed by atoms with Crippen LogP contribution in [0.25, 0.3) is 0 Å². The van der Waals surface area contributed by atoms with Gasteiger partial charge in [-0.3, -0.25) is 4.90 Å². The van der Waals surface area contributed by atoms with Crippen molar-refractivity contribution < 1.29 is 24.5 Å². The second-order valence-electron chi connectivity index (χ2n) is 8.44. The third-order valence-electron chi connectivity index (χ3n) is 5.98. The first-order chi connectivity index (χ1) is 17.3. The van der Waals surface area contributed by atoms with Crippen molar-refractivity contribution in [3.63, 3.8) is 0 Å². The van der Waals surface area contributed by atoms with E-state index in [4.69, 9.17) is 36.1 Å². The molecule has 8 heteroatoms. The van der Waals surface area contributed by atoms with Crippen molar-refractivity contribution in [1.29, 1.82) is 0 Å². The van der Waals surface area contributed by atoms with E-state index in [9.17, 15) is 0 Å². The van der Waals surface area contributed by atoms with Gasteiger partial charge in [-0.25, -0.2) is 9.59 Å². The number of nitrogens with zero attached hydrogens (tertiary/aromatic N) is 2. The molecule has 1 aliphatic heterocycles. The Morgan fingerprint density at radius 2 is 1.39 bits per heavy atom. The topological polar surface area (TPSA) is 90.3 Å². The number of carboxylic acid groups (broad SMARTS) is 2. The molecule has 1 atom stereocenters. The molecule has 190 valence electrons. The van der Waals surface area contributed by atoms with Crippen molar-refractivity contribution >= 4 is 29.2 Å². The maximum atomic E-state index is 9.10. The van der Waals surface area contributed by atoms with Gasteiger partial charge in [-0.1, -0.05) is 72.3 Å². The molecule has 4 rings (SSSR count). The Hall–Kier alpha value is -3.39. The fourth-order valence-corrected chi connectivity index (χ4v) is 4.21. The third kappa shape index (κ3) is 8.09. The summed E-state index contributed by atoms with van der Waals surface area (Å²) in [5.74, 6) is -3.65. The Morgan fingerprint density at radius 3 is 1.97 bits per heavy atom. The number of hydrogen-bond donors (Lipinski definition) is 2. The Morgan fingerprint density at radius 1 is 0.833 bits per heavy atom. The van der Waals surface area contributed by atoms with Crippen LogP contribution >= 0.6 is 11.6 Å². The smallest absolute Gasteiger partial charge is 0.414 e. The molecule has 3 aromatic rings. The number of carbonyl (C=O) groups is 2. The van der Waals surface area contributed by atoms with E-state index >= 15 is 0 Å². The predicted octanol–water partition coefficient (Wildman–Crippen LogP) is 4.73. The van der Waals surface area contributed by atoms with Crippen molar-refractivity contribution in [2.45, 2.75) is 13.0 Å². The molecular formula is C28H31ClN2O5. The molecule has 0 spiro atoms. The summed E-state index contributed by atoms with van der Waals surface area (Å²) >= 11 is 6.08. The highest BCUT2D eigenvalue weighted by Gasteiger charge is 2.19. The highest BCUT2D eigenvalue weighted by atomic mass is 35.5. The van der Waals surface area contributed by atoms with Gasteiger partial charge < -0.3 is 19.8 Å². The molecule has 0 radical (unpaired) electrons. The van der Waals surface area contributed by atoms with E-state index in [1.807, 2.05) is 18.2 Å². The maximum Gasteiger partial charge on any atom is 0.414 e. The summed E-state index contributed by atoms with van der Waals surface area (Å²) in [5, 5.41) is 15.5. The van der Waals surface area contributed by atoms with Crippen LogP contribution in [0.15, 0.2) is 78.9 Å². The lowest BCUT2D eigenvalue weighted by Gasteiger charge is -2.37. The number of anilines is 1. The number of hydrogen-bond acceptors (Lipinski definition) is 5.